The van der Waals surface area contributed by atoms with Crippen LogP contribution >= 0.6 is 11.8 Å². The van der Waals surface area contributed by atoms with E-state index in [2.05, 4.69) is 32.2 Å². The summed E-state index contributed by atoms with van der Waals surface area (Å²) in [6.07, 6.45) is 4.24. The van der Waals surface area contributed by atoms with Gasteiger partial charge >= 0.3 is 0 Å². The fourth-order valence-corrected chi connectivity index (χ4v) is 6.07. The molecular formula is C25H31N5O3S. The number of methoxy groups -OCH3 is 1. The third kappa shape index (κ3) is 4.05. The number of fused-ring (bicyclic) bond motifs is 1. The van der Waals surface area contributed by atoms with Crippen molar-refractivity contribution in [3.05, 3.63) is 41.4 Å². The van der Waals surface area contributed by atoms with Crippen LogP contribution in [0.2, 0.25) is 0 Å². The molecule has 1 saturated heterocycles. The van der Waals surface area contributed by atoms with E-state index in [4.69, 9.17) is 9.15 Å². The lowest BCUT2D eigenvalue weighted by Crippen LogP contribution is -2.28. The van der Waals surface area contributed by atoms with Crippen molar-refractivity contribution in [2.45, 2.75) is 43.7 Å². The van der Waals surface area contributed by atoms with E-state index in [1.54, 1.807) is 18.9 Å². The number of likely N-dealkylation sites (tertiary alicyclic amines) is 1. The van der Waals surface area contributed by atoms with Crippen molar-refractivity contribution in [3.63, 3.8) is 0 Å². The van der Waals surface area contributed by atoms with Crippen LogP contribution in [0.1, 0.15) is 47.8 Å². The molecule has 5 rings (SSSR count). The molecular weight excluding hydrogens is 450 g/mol. The lowest BCUT2D eigenvalue weighted by atomic mass is 9.92. The van der Waals surface area contributed by atoms with Gasteiger partial charge in [0, 0.05) is 37.7 Å². The summed E-state index contributed by atoms with van der Waals surface area (Å²) in [6, 6.07) is 6.20. The number of oxazole rings is 1. The number of ether oxygens (including phenoxy) is 1. The summed E-state index contributed by atoms with van der Waals surface area (Å²) in [5.41, 5.74) is 3.05. The van der Waals surface area contributed by atoms with E-state index in [0.717, 1.165) is 42.7 Å². The van der Waals surface area contributed by atoms with Gasteiger partial charge in [0.1, 0.15) is 5.75 Å². The van der Waals surface area contributed by atoms with E-state index in [-0.39, 0.29) is 11.2 Å². The Morgan fingerprint density at radius 2 is 2.21 bits per heavy atom. The van der Waals surface area contributed by atoms with Crippen LogP contribution in [0.5, 0.6) is 5.75 Å². The molecule has 1 unspecified atom stereocenters. The van der Waals surface area contributed by atoms with Crippen LogP contribution in [-0.4, -0.2) is 62.9 Å². The molecule has 2 aromatic heterocycles. The summed E-state index contributed by atoms with van der Waals surface area (Å²) in [5, 5.41) is 9.51. The van der Waals surface area contributed by atoms with E-state index in [1.165, 1.54) is 18.4 Å². The van der Waals surface area contributed by atoms with E-state index >= 15 is 0 Å². The minimum Gasteiger partial charge on any atom is -0.496 e. The zero-order valence-electron chi connectivity index (χ0n) is 20.2. The van der Waals surface area contributed by atoms with Crippen molar-refractivity contribution in [3.8, 4) is 17.3 Å². The number of hydrogen-bond acceptors (Lipinski definition) is 8. The van der Waals surface area contributed by atoms with Gasteiger partial charge in [-0.25, -0.2) is 4.98 Å². The number of hydrogen-bond donors (Lipinski definition) is 0. The maximum Gasteiger partial charge on any atom is 0.202 e. The van der Waals surface area contributed by atoms with Gasteiger partial charge in [-0.3, -0.25) is 4.79 Å². The highest BCUT2D eigenvalue weighted by molar-refractivity contribution is 7.99. The molecule has 0 spiro atoms. The number of piperidine rings is 1. The van der Waals surface area contributed by atoms with Crippen LogP contribution in [0, 0.1) is 12.8 Å². The number of aromatic nitrogens is 4. The molecule has 2 fully saturated rings. The smallest absolute Gasteiger partial charge is 0.202 e. The van der Waals surface area contributed by atoms with Gasteiger partial charge < -0.3 is 18.6 Å². The van der Waals surface area contributed by atoms with Gasteiger partial charge in [-0.1, -0.05) is 24.8 Å². The molecule has 34 heavy (non-hydrogen) atoms. The fraction of sp³-hybridized carbons (Fsp3) is 0.520. The van der Waals surface area contributed by atoms with Crippen molar-refractivity contribution >= 4 is 17.5 Å². The molecule has 0 amide bonds. The van der Waals surface area contributed by atoms with Crippen molar-refractivity contribution in [1.29, 1.82) is 0 Å². The van der Waals surface area contributed by atoms with E-state index < -0.39 is 0 Å². The number of thioether (sulfide) groups is 1. The van der Waals surface area contributed by atoms with Crippen LogP contribution in [0.3, 0.4) is 0 Å². The summed E-state index contributed by atoms with van der Waals surface area (Å²) < 4.78 is 13.0. The van der Waals surface area contributed by atoms with Crippen LogP contribution in [-0.2, 0) is 12.5 Å². The van der Waals surface area contributed by atoms with Crippen molar-refractivity contribution in [2.24, 2.45) is 13.0 Å². The van der Waals surface area contributed by atoms with Crippen molar-refractivity contribution in [2.75, 3.05) is 32.5 Å². The highest BCUT2D eigenvalue weighted by Crippen LogP contribution is 2.59. The summed E-state index contributed by atoms with van der Waals surface area (Å²) in [4.78, 5) is 18.9. The van der Waals surface area contributed by atoms with E-state index in [0.29, 0.717) is 35.2 Å². The largest absolute Gasteiger partial charge is 0.496 e. The second-order valence-electron chi connectivity index (χ2n) is 9.32. The fourth-order valence-electron chi connectivity index (χ4n) is 5.23. The maximum absolute atomic E-state index is 12.2. The summed E-state index contributed by atoms with van der Waals surface area (Å²) >= 11 is 1.73. The average Bonchev–Trinajstić information content (AvgIpc) is 3.13. The number of aryl methyl sites for hydroxylation is 1. The molecule has 1 aromatic carbocycles. The van der Waals surface area contributed by atoms with Gasteiger partial charge in [0.05, 0.1) is 18.4 Å². The highest BCUT2D eigenvalue weighted by Gasteiger charge is 2.60. The predicted molar refractivity (Wildman–Crippen MR) is 130 cm³/mol. The number of carbonyl (C=O) groups is 1. The first-order chi connectivity index (χ1) is 16.5. The summed E-state index contributed by atoms with van der Waals surface area (Å²) in [7, 11) is 3.62. The lowest BCUT2D eigenvalue weighted by molar-refractivity contribution is 0.0985. The van der Waals surface area contributed by atoms with Gasteiger partial charge in [0.25, 0.3) is 0 Å². The Hall–Kier alpha value is -2.65. The lowest BCUT2D eigenvalue weighted by Gasteiger charge is -2.21. The molecule has 180 valence electrons. The Kier molecular flexibility index (Phi) is 6.24. The molecule has 2 aliphatic rings. The highest BCUT2D eigenvalue weighted by atomic mass is 32.2. The molecule has 8 nitrogen and oxygen atoms in total. The summed E-state index contributed by atoms with van der Waals surface area (Å²) in [6.45, 7) is 7.08. The molecule has 1 aliphatic carbocycles. The second kappa shape index (κ2) is 9.19. The van der Waals surface area contributed by atoms with Gasteiger partial charge in [-0.2, -0.15) is 0 Å². The average molecular weight is 482 g/mol. The summed E-state index contributed by atoms with van der Waals surface area (Å²) in [5.74, 6) is 3.90. The molecule has 1 saturated carbocycles. The van der Waals surface area contributed by atoms with Crippen molar-refractivity contribution < 1.29 is 13.9 Å². The molecule has 2 atom stereocenters. The maximum atomic E-state index is 12.2. The van der Waals surface area contributed by atoms with Gasteiger partial charge in [-0.05, 0) is 49.9 Å². The number of ketones is 1. The first-order valence-electron chi connectivity index (χ1n) is 11.8. The number of benzene rings is 1. The van der Waals surface area contributed by atoms with Crippen LogP contribution in [0.15, 0.2) is 34.2 Å². The first-order valence-corrected chi connectivity index (χ1v) is 12.8. The number of carbonyl (C=O) groups excluding carboxylic acids is 1. The van der Waals surface area contributed by atoms with Gasteiger partial charge in [-0.15, -0.1) is 10.2 Å². The van der Waals surface area contributed by atoms with Crippen molar-refractivity contribution in [1.82, 2.24) is 24.6 Å². The molecule has 1 aliphatic heterocycles. The standard InChI is InChI=1S/C25H31N5O3S/c1-5-20(31)19-8-7-17(11-21(19)32-4)25-12-18(25)13-30(14-25)9-6-10-34-24-28-27-23(29(24)3)22-16(2)26-15-33-22/h7-8,11,15,18H,5-6,9-10,12-14H2,1-4H3/t18-,25?/m1/s1. The number of nitrogens with zero attached hydrogens (tertiary/aromatic N) is 5. The Morgan fingerprint density at radius 3 is 2.94 bits per heavy atom. The molecule has 0 radical (unpaired) electrons. The SMILES string of the molecule is CCC(=O)c1ccc(C23C[C@@H]2CN(CCCSc2nnc(-c4ocnc4C)n2C)C3)cc1OC. The van der Waals surface area contributed by atoms with Gasteiger partial charge in [0.2, 0.25) is 5.82 Å². The normalized spacial score (nSPS) is 21.6. The quantitative estimate of drug-likeness (QED) is 0.243. The molecule has 3 heterocycles. The van der Waals surface area contributed by atoms with Crippen LogP contribution in [0.4, 0.5) is 0 Å². The topological polar surface area (TPSA) is 86.3 Å². The first kappa shape index (κ1) is 23.1. The van der Waals surface area contributed by atoms with Crippen LogP contribution in [0.25, 0.3) is 11.6 Å². The second-order valence-corrected chi connectivity index (χ2v) is 10.4. The van der Waals surface area contributed by atoms with E-state index in [1.807, 2.05) is 31.5 Å². The monoisotopic (exact) mass is 481 g/mol. The predicted octanol–water partition coefficient (Wildman–Crippen LogP) is 4.14. The molecule has 0 bridgehead atoms. The zero-order valence-corrected chi connectivity index (χ0v) is 21.0. The van der Waals surface area contributed by atoms with E-state index in [9.17, 15) is 4.79 Å². The third-order valence-corrected chi connectivity index (χ3v) is 8.35. The molecule has 9 heteroatoms. The Balaban J connectivity index is 1.15. The molecule has 3 aromatic rings. The Bertz CT molecular complexity index is 1210. The Morgan fingerprint density at radius 1 is 1.35 bits per heavy atom. The minimum atomic E-state index is 0.129. The third-order valence-electron chi connectivity index (χ3n) is 7.25. The molecule has 0 N–H and O–H groups in total. The number of rotatable bonds is 10. The van der Waals surface area contributed by atoms with Gasteiger partial charge in [0.15, 0.2) is 23.1 Å². The zero-order chi connectivity index (χ0) is 23.9. The van der Waals surface area contributed by atoms with Crippen LogP contribution < -0.4 is 4.74 Å². The number of Topliss-reactive ketones (excluding diaryl/α,β-unsaturated/α-hetero) is 1. The minimum absolute atomic E-state index is 0.129. The Labute approximate surface area is 204 Å².